The molecule has 0 N–H and O–H groups in total. The van der Waals surface area contributed by atoms with Gasteiger partial charge < -0.3 is 73.8 Å². The van der Waals surface area contributed by atoms with E-state index in [0.29, 0.717) is 70.2 Å². The molecule has 28 heteroatoms. The summed E-state index contributed by atoms with van der Waals surface area (Å²) in [6, 6.07) is 36.6. The fourth-order valence-electron chi connectivity index (χ4n) is 16.9. The summed E-state index contributed by atoms with van der Waals surface area (Å²) in [5, 5.41) is 0. The summed E-state index contributed by atoms with van der Waals surface area (Å²) >= 11 is 0. The molecule has 0 heterocycles. The number of hydrogen-bond donors (Lipinski definition) is 0. The number of carbonyl (C=O) groups is 8. The van der Waals surface area contributed by atoms with E-state index < -0.39 is 0 Å². The summed E-state index contributed by atoms with van der Waals surface area (Å²) in [6.45, 7) is 84.3. The Morgan fingerprint density at radius 2 is 0.426 bits per heavy atom. The number of quaternary nitrogens is 8. The second-order valence-electron chi connectivity index (χ2n) is 37.9. The Morgan fingerprint density at radius 3 is 0.624 bits per heavy atom. The van der Waals surface area contributed by atoms with Crippen molar-refractivity contribution in [1.29, 1.82) is 0 Å². The van der Waals surface area contributed by atoms with Crippen LogP contribution in [0.15, 0.2) is 121 Å². The van der Waals surface area contributed by atoms with Crippen LogP contribution in [-0.4, -0.2) is 375 Å². The van der Waals surface area contributed by atoms with Crippen LogP contribution >= 0.6 is 0 Å². The topological polar surface area (TPSA) is 210 Å². The summed E-state index contributed by atoms with van der Waals surface area (Å²) in [6.07, 6.45) is 12.1. The van der Waals surface area contributed by atoms with E-state index in [1.165, 1.54) is 138 Å². The molecular weight excluding hydrogens is 1800 g/mol. The maximum Gasteiger partial charge on any atom is 0.338 e. The number of rotatable bonds is 56. The molecule has 4 aromatic carbocycles. The maximum absolute atomic E-state index is 12.0. The van der Waals surface area contributed by atoms with Crippen molar-refractivity contribution in [3.63, 3.8) is 0 Å². The molecular formula is C113H214F4N8O16+8. The molecule has 4 aromatic rings. The van der Waals surface area contributed by atoms with Crippen LogP contribution in [0.5, 0.6) is 0 Å². The van der Waals surface area contributed by atoms with E-state index >= 15 is 0 Å². The molecule has 0 aliphatic heterocycles. The van der Waals surface area contributed by atoms with Crippen LogP contribution in [-0.2, 0) is 57.1 Å². The second kappa shape index (κ2) is 91.9. The van der Waals surface area contributed by atoms with Gasteiger partial charge in [0.25, 0.3) is 0 Å². The highest BCUT2D eigenvalue weighted by atomic mass is 19.1. The summed E-state index contributed by atoms with van der Waals surface area (Å²) in [7, 11) is 13.9. The Bertz CT molecular complexity index is 3580. The van der Waals surface area contributed by atoms with E-state index in [4.69, 9.17) is 37.9 Å². The Hall–Kier alpha value is -7.96. The van der Waals surface area contributed by atoms with Gasteiger partial charge in [0.1, 0.15) is 103 Å². The normalized spacial score (nSPS) is 12.5. The third kappa shape index (κ3) is 79.1. The van der Waals surface area contributed by atoms with Crippen LogP contribution in [0.4, 0.5) is 17.6 Å². The number of likely N-dealkylation sites (N-methyl/N-ethyl adjacent to an activating group) is 8. The number of carbonyl (C=O) groups excluding carboxylic acids is 8. The molecule has 822 valence electrons. The molecule has 141 heavy (non-hydrogen) atoms. The SMILES string of the molecule is CC(=O)OC(C)C[N+](C)(C)C.CCCC[N+](CC)(CCC)CC(C)OC(C)=O.CCCC[N+](CC)(CCC)CCOC(=O)c1ccccc1.CCC[N+](CC)(CCC)CC(C)OC(C)=O.CCC[N+](CC)(CCC)CCOC(=O)c1ccccc1.CCF.CC[N+](CC)(CC)CC(C)OC(C)=O.CC[N+](CC)(CC)CCOC(=O)c1ccccc1.CF.CF.CF.C[N+](C)(C)CCOC(=O)c1ccccc1. The summed E-state index contributed by atoms with van der Waals surface area (Å²) in [4.78, 5) is 90.3. The molecule has 0 spiro atoms. The maximum atomic E-state index is 12.0. The first-order valence-corrected chi connectivity index (χ1v) is 52.7. The van der Waals surface area contributed by atoms with Crippen molar-refractivity contribution in [2.75, 3.05) is 267 Å². The Kier molecular flexibility index (Phi) is 96.7. The average Bonchev–Trinajstić information content (AvgIpc) is 0.881. The molecule has 0 amide bonds. The molecule has 6 unspecified atom stereocenters. The van der Waals surface area contributed by atoms with Gasteiger partial charge >= 0.3 is 47.8 Å². The fourth-order valence-corrected chi connectivity index (χ4v) is 16.9. The zero-order valence-corrected chi connectivity index (χ0v) is 96.5. The molecule has 0 saturated heterocycles. The average molecular weight is 2020 g/mol. The van der Waals surface area contributed by atoms with Gasteiger partial charge in [-0.1, -0.05) is 141 Å². The first-order valence-electron chi connectivity index (χ1n) is 52.7. The van der Waals surface area contributed by atoms with Crippen LogP contribution in [0, 0.1) is 0 Å². The summed E-state index contributed by atoms with van der Waals surface area (Å²) in [5.41, 5.74) is 2.50. The molecule has 24 nitrogen and oxygen atoms in total. The van der Waals surface area contributed by atoms with Crippen molar-refractivity contribution in [2.24, 2.45) is 0 Å². The lowest BCUT2D eigenvalue weighted by atomic mass is 10.2. The van der Waals surface area contributed by atoms with Crippen molar-refractivity contribution in [3.8, 4) is 0 Å². The van der Waals surface area contributed by atoms with Gasteiger partial charge in [-0.25, -0.2) is 19.2 Å². The van der Waals surface area contributed by atoms with Gasteiger partial charge in [0, 0.05) is 27.7 Å². The zero-order chi connectivity index (χ0) is 110. The molecule has 0 aliphatic carbocycles. The van der Waals surface area contributed by atoms with Gasteiger partial charge in [0.05, 0.1) is 211 Å². The van der Waals surface area contributed by atoms with Crippen LogP contribution in [0.25, 0.3) is 0 Å². The highest BCUT2D eigenvalue weighted by Crippen LogP contribution is 2.19. The standard InChI is InChI=1S/C18H30NO2.C17H28NO2.C15H24NO2.C14H30NO2.C13H28NO2.C12H18NO2.C11H24NO2.C8H18NO2.C2H5F.3CH3F/c1-4-7-14-19(6-3,13-5-2)15-16-21-18(20)17-11-9-8-10-12-17;1-4-12-18(6-3,13-5-2)14-15-20-17(19)16-10-8-7-9-11-16;1-4-16(5-2,6-3)12-13-18-15(17)14-10-8-7-9-11-14;1-6-9-11-15(8-3,10-7-2)12-13(4)17-14(5)16;1-6-9-14(8-3,10-7-2)11-12(4)16-13(5)15;1-13(2,3)9-10-15-12(14)11-7-5-4-6-8-11;1-6-12(7-2,8-3)9-10(4)14-11(5)13;1-7(11-8(2)10)6-9(3,4)5;1-2-3;3*1-2/h8-12H,4-7,13-16H2,1-3H3;7-11H,4-6,12-15H2,1-3H3;7-11H,4-6,12-13H2,1-3H3;13H,6-12H2,1-5H3;12H,6-11H2,1-5H3;4-8H,9-10H2,1-3H3;10H,6-9H2,1-5H3;7H,6H2,1-5H3;2H2,1H3;3*1H3/q8*+1;;;;. The lowest BCUT2D eigenvalue weighted by Gasteiger charge is -2.39. The van der Waals surface area contributed by atoms with E-state index in [2.05, 4.69) is 167 Å². The molecule has 0 bridgehead atoms. The minimum atomic E-state index is -0.250. The number of ether oxygens (including phenoxy) is 8. The van der Waals surface area contributed by atoms with Gasteiger partial charge in [-0.2, -0.15) is 0 Å². The van der Waals surface area contributed by atoms with Crippen molar-refractivity contribution in [3.05, 3.63) is 144 Å². The Balaban J connectivity index is -0.000000237. The van der Waals surface area contributed by atoms with Gasteiger partial charge in [-0.15, -0.1) is 0 Å². The Labute approximate surface area is 859 Å². The molecule has 0 saturated carbocycles. The molecule has 0 fully saturated rings. The quantitative estimate of drug-likeness (QED) is 0.0174. The first kappa shape index (κ1) is 148. The van der Waals surface area contributed by atoms with Crippen molar-refractivity contribution in [2.45, 2.75) is 276 Å². The van der Waals surface area contributed by atoms with Crippen LogP contribution in [0.1, 0.15) is 293 Å². The second-order valence-corrected chi connectivity index (χ2v) is 37.9. The third-order valence-corrected chi connectivity index (χ3v) is 24.5. The number of nitrogens with zero attached hydrogens (tertiary/aromatic N) is 8. The minimum absolute atomic E-state index is 0.00694. The highest BCUT2D eigenvalue weighted by Gasteiger charge is 2.32. The van der Waals surface area contributed by atoms with Gasteiger partial charge in [-0.05, 0) is 204 Å². The van der Waals surface area contributed by atoms with Crippen molar-refractivity contribution < 1.29 is 130 Å². The van der Waals surface area contributed by atoms with E-state index in [-0.39, 0.29) is 78.8 Å². The number of alkyl halides is 4. The van der Waals surface area contributed by atoms with E-state index in [0.717, 1.165) is 167 Å². The number of halogens is 4. The smallest absolute Gasteiger partial charge is 0.338 e. The predicted octanol–water partition coefficient (Wildman–Crippen LogP) is 22.4. The van der Waals surface area contributed by atoms with E-state index in [1.807, 2.05) is 100 Å². The fraction of sp³-hybridized carbons (Fsp3) is 0.717. The van der Waals surface area contributed by atoms with Crippen LogP contribution < -0.4 is 0 Å². The zero-order valence-electron chi connectivity index (χ0n) is 96.5. The first-order chi connectivity index (χ1) is 66.7. The largest absolute Gasteiger partial charge is 0.457 e. The molecule has 0 aromatic heterocycles. The molecule has 4 rings (SSSR count). The molecule has 6 atom stereocenters. The number of hydrogen-bond acceptors (Lipinski definition) is 16. The highest BCUT2D eigenvalue weighted by molar-refractivity contribution is 5.90. The van der Waals surface area contributed by atoms with Gasteiger partial charge in [0.15, 0.2) is 0 Å². The summed E-state index contributed by atoms with van der Waals surface area (Å²) in [5.74, 6) is -1.62. The van der Waals surface area contributed by atoms with Crippen LogP contribution in [0.2, 0.25) is 0 Å². The molecule has 0 aliphatic rings. The van der Waals surface area contributed by atoms with E-state index in [1.54, 1.807) is 48.5 Å². The van der Waals surface area contributed by atoms with Crippen LogP contribution in [0.3, 0.4) is 0 Å². The van der Waals surface area contributed by atoms with Gasteiger partial charge in [-0.3, -0.25) is 36.7 Å². The van der Waals surface area contributed by atoms with Gasteiger partial charge in [0.2, 0.25) is 0 Å². The number of benzene rings is 4. The van der Waals surface area contributed by atoms with Crippen molar-refractivity contribution >= 4 is 47.8 Å². The molecule has 0 radical (unpaired) electrons. The van der Waals surface area contributed by atoms with E-state index in [9.17, 15) is 55.9 Å². The lowest BCUT2D eigenvalue weighted by molar-refractivity contribution is -0.929. The monoisotopic (exact) mass is 2020 g/mol. The number of unbranched alkanes of at least 4 members (excludes halogenated alkanes) is 2. The van der Waals surface area contributed by atoms with Crippen molar-refractivity contribution in [1.82, 2.24) is 0 Å². The summed E-state index contributed by atoms with van der Waals surface area (Å²) < 4.78 is 88.7. The number of esters is 8. The third-order valence-electron chi connectivity index (χ3n) is 24.5. The lowest BCUT2D eigenvalue weighted by Crippen LogP contribution is -2.53. The predicted molar refractivity (Wildman–Crippen MR) is 577 cm³/mol. The minimum Gasteiger partial charge on any atom is -0.457 e. The Morgan fingerprint density at radius 1 is 0.241 bits per heavy atom.